The van der Waals surface area contributed by atoms with Gasteiger partial charge in [-0.1, -0.05) is 24.3 Å². The van der Waals surface area contributed by atoms with Crippen LogP contribution in [0.4, 0.5) is 26.3 Å². The van der Waals surface area contributed by atoms with Crippen LogP contribution in [0.5, 0.6) is 0 Å². The number of hydrogen-bond acceptors (Lipinski definition) is 6. The number of nitrogens with two attached hydrogens (primary N) is 1. The van der Waals surface area contributed by atoms with Crippen molar-refractivity contribution in [3.05, 3.63) is 59.9 Å². The molecule has 2 aliphatic rings. The summed E-state index contributed by atoms with van der Waals surface area (Å²) in [6.45, 7) is 0.383. The molecular weight excluding hydrogens is 606 g/mol. The highest BCUT2D eigenvalue weighted by molar-refractivity contribution is 7.91. The second kappa shape index (κ2) is 12.1. The standard InChI is InChI=1S/C25H27F3N4O3S.C2HF3O2/c26-25(27,28)19-7-4-8-20-22(19)31-23(30-20)18-11-12-32(24(18)33)21-10-9-16(29)13-15(21)14-36(34,35)17-5-2-1-3-6-17;3-2(4,5)1(6)7/h1-8,15-16,18,21H,9-14,29H2,(H,30,31);(H,6,7)/t15-,16+,18?,21-;/m0./s1. The number of fused-ring (bicyclic) bond motifs is 1. The third kappa shape index (κ3) is 7.29. The summed E-state index contributed by atoms with van der Waals surface area (Å²) in [6.07, 6.45) is -7.52. The molecule has 3 aromatic rings. The van der Waals surface area contributed by atoms with Gasteiger partial charge in [0.1, 0.15) is 5.82 Å². The van der Waals surface area contributed by atoms with Crippen LogP contribution in [0.2, 0.25) is 0 Å². The van der Waals surface area contributed by atoms with Gasteiger partial charge in [-0.05, 0) is 55.9 Å². The number of aliphatic carboxylic acids is 1. The van der Waals surface area contributed by atoms with Crippen LogP contribution in [0.15, 0.2) is 53.4 Å². The first-order valence-electron chi connectivity index (χ1n) is 13.2. The summed E-state index contributed by atoms with van der Waals surface area (Å²) in [4.78, 5) is 31.4. The van der Waals surface area contributed by atoms with E-state index in [9.17, 15) is 39.6 Å². The molecule has 1 saturated heterocycles. The molecular formula is C27H28F6N4O5S. The minimum absolute atomic E-state index is 0.122. The van der Waals surface area contributed by atoms with Gasteiger partial charge in [0.05, 0.1) is 33.2 Å². The number of carbonyl (C=O) groups is 2. The van der Waals surface area contributed by atoms with Crippen LogP contribution in [0.25, 0.3) is 11.0 Å². The lowest BCUT2D eigenvalue weighted by molar-refractivity contribution is -0.192. The summed E-state index contributed by atoms with van der Waals surface area (Å²) in [5.74, 6) is -3.97. The molecule has 1 unspecified atom stereocenters. The number of nitrogens with one attached hydrogen (secondary N) is 1. The number of rotatable bonds is 5. The third-order valence-electron chi connectivity index (χ3n) is 7.57. The van der Waals surface area contributed by atoms with E-state index in [2.05, 4.69) is 9.97 Å². The molecule has 5 rings (SSSR count). The molecule has 1 aliphatic carbocycles. The van der Waals surface area contributed by atoms with Crippen molar-refractivity contribution in [1.82, 2.24) is 14.9 Å². The zero-order valence-electron chi connectivity index (χ0n) is 22.4. The number of H-pyrrole nitrogens is 1. The lowest BCUT2D eigenvalue weighted by Crippen LogP contribution is -2.49. The maximum Gasteiger partial charge on any atom is 0.490 e. The van der Waals surface area contributed by atoms with E-state index in [1.165, 1.54) is 12.1 Å². The Bertz CT molecular complexity index is 1580. The van der Waals surface area contributed by atoms with Crippen LogP contribution < -0.4 is 5.73 Å². The maximum atomic E-state index is 13.5. The first-order chi connectivity index (χ1) is 20.0. The van der Waals surface area contributed by atoms with Crippen molar-refractivity contribution in [2.24, 2.45) is 11.7 Å². The van der Waals surface area contributed by atoms with Crippen molar-refractivity contribution in [3.8, 4) is 0 Å². The number of halogens is 6. The van der Waals surface area contributed by atoms with Crippen LogP contribution in [-0.2, 0) is 25.6 Å². The summed E-state index contributed by atoms with van der Waals surface area (Å²) < 4.78 is 98.2. The van der Waals surface area contributed by atoms with Gasteiger partial charge in [0.15, 0.2) is 9.84 Å². The van der Waals surface area contributed by atoms with Crippen LogP contribution in [-0.4, -0.2) is 70.8 Å². The topological polar surface area (TPSA) is 146 Å². The van der Waals surface area contributed by atoms with Crippen molar-refractivity contribution < 1.29 is 49.5 Å². The van der Waals surface area contributed by atoms with Crippen molar-refractivity contribution in [2.45, 2.75) is 60.9 Å². The number of imidazole rings is 1. The third-order valence-corrected chi connectivity index (χ3v) is 9.43. The Morgan fingerprint density at radius 1 is 1.02 bits per heavy atom. The number of carboxylic acid groups (broad SMARTS) is 1. The van der Waals surface area contributed by atoms with Crippen molar-refractivity contribution in [3.63, 3.8) is 0 Å². The van der Waals surface area contributed by atoms with Gasteiger partial charge in [-0.3, -0.25) is 4.79 Å². The molecule has 1 aromatic heterocycles. The second-order valence-corrected chi connectivity index (χ2v) is 12.5. The molecule has 0 bridgehead atoms. The van der Waals surface area contributed by atoms with Gasteiger partial charge in [0.25, 0.3) is 0 Å². The molecule has 0 spiro atoms. The predicted octanol–water partition coefficient (Wildman–Crippen LogP) is 4.50. The fraction of sp³-hybridized carbons (Fsp3) is 0.444. The average molecular weight is 635 g/mol. The van der Waals surface area contributed by atoms with Crippen LogP contribution in [0.1, 0.15) is 43.0 Å². The van der Waals surface area contributed by atoms with Crippen LogP contribution >= 0.6 is 0 Å². The maximum absolute atomic E-state index is 13.5. The Hall–Kier alpha value is -3.66. The van der Waals surface area contributed by atoms with Crippen molar-refractivity contribution >= 4 is 32.7 Å². The van der Waals surface area contributed by atoms with Gasteiger partial charge in [0.2, 0.25) is 5.91 Å². The van der Waals surface area contributed by atoms with Gasteiger partial charge < -0.3 is 20.7 Å². The highest BCUT2D eigenvalue weighted by Gasteiger charge is 2.44. The summed E-state index contributed by atoms with van der Waals surface area (Å²) in [7, 11) is -3.58. The molecule has 234 valence electrons. The lowest BCUT2D eigenvalue weighted by Gasteiger charge is -2.40. The Labute approximate surface area is 242 Å². The zero-order valence-corrected chi connectivity index (χ0v) is 23.2. The highest BCUT2D eigenvalue weighted by atomic mass is 32.2. The number of nitrogens with zero attached hydrogens (tertiary/aromatic N) is 2. The molecule has 43 heavy (non-hydrogen) atoms. The minimum Gasteiger partial charge on any atom is -0.475 e. The van der Waals surface area contributed by atoms with Gasteiger partial charge in [-0.25, -0.2) is 18.2 Å². The van der Waals surface area contributed by atoms with Crippen molar-refractivity contribution in [2.75, 3.05) is 12.3 Å². The molecule has 4 N–H and O–H groups in total. The molecule has 1 saturated carbocycles. The largest absolute Gasteiger partial charge is 0.490 e. The van der Waals surface area contributed by atoms with Gasteiger partial charge in [0, 0.05) is 18.6 Å². The first-order valence-corrected chi connectivity index (χ1v) is 14.8. The summed E-state index contributed by atoms with van der Waals surface area (Å²) >= 11 is 0. The monoisotopic (exact) mass is 634 g/mol. The lowest BCUT2D eigenvalue weighted by atomic mass is 9.82. The van der Waals surface area contributed by atoms with Crippen LogP contribution in [0.3, 0.4) is 0 Å². The molecule has 2 aromatic carbocycles. The smallest absolute Gasteiger partial charge is 0.475 e. The molecule has 2 fully saturated rings. The quantitative estimate of drug-likeness (QED) is 0.351. The molecule has 4 atom stereocenters. The molecule has 2 heterocycles. The second-order valence-electron chi connectivity index (χ2n) is 10.5. The van der Waals surface area contributed by atoms with E-state index in [-0.39, 0.29) is 51.4 Å². The number of hydrogen-bond donors (Lipinski definition) is 3. The Morgan fingerprint density at radius 2 is 1.67 bits per heavy atom. The summed E-state index contributed by atoms with van der Waals surface area (Å²) in [5, 5.41) is 7.12. The zero-order chi connectivity index (χ0) is 31.7. The minimum atomic E-state index is -5.08. The number of aromatic nitrogens is 2. The average Bonchev–Trinajstić information content (AvgIpc) is 3.51. The van der Waals surface area contributed by atoms with E-state index in [1.807, 2.05) is 0 Å². The fourth-order valence-electron chi connectivity index (χ4n) is 5.62. The Morgan fingerprint density at radius 3 is 2.28 bits per heavy atom. The number of carboxylic acids is 1. The fourth-order valence-corrected chi connectivity index (χ4v) is 7.30. The number of likely N-dealkylation sites (tertiary alicyclic amines) is 1. The highest BCUT2D eigenvalue weighted by Crippen LogP contribution is 2.39. The van der Waals surface area contributed by atoms with E-state index < -0.39 is 39.6 Å². The number of alkyl halides is 6. The predicted molar refractivity (Wildman–Crippen MR) is 141 cm³/mol. The normalized spacial score (nSPS) is 23.2. The van der Waals surface area contributed by atoms with Gasteiger partial charge in [-0.2, -0.15) is 26.3 Å². The SMILES string of the molecule is N[C@@H]1CC[C@H](N2CCC(c3nc4cccc(C(F)(F)F)c4[nH]3)C2=O)[C@H](CS(=O)(=O)c2ccccc2)C1.O=C(O)C(F)(F)F. The van der Waals surface area contributed by atoms with Gasteiger partial charge in [-0.15, -0.1) is 0 Å². The molecule has 1 amide bonds. The number of benzene rings is 2. The number of aromatic amines is 1. The molecule has 16 heteroatoms. The van der Waals surface area contributed by atoms with E-state index in [4.69, 9.17) is 15.6 Å². The number of para-hydroxylation sites is 1. The van der Waals surface area contributed by atoms with E-state index in [1.54, 1.807) is 35.2 Å². The van der Waals surface area contributed by atoms with E-state index in [0.29, 0.717) is 32.2 Å². The Balaban J connectivity index is 0.000000541. The van der Waals surface area contributed by atoms with Crippen molar-refractivity contribution in [1.29, 1.82) is 0 Å². The van der Waals surface area contributed by atoms with E-state index >= 15 is 0 Å². The van der Waals surface area contributed by atoms with Gasteiger partial charge >= 0.3 is 18.3 Å². The summed E-state index contributed by atoms with van der Waals surface area (Å²) in [6, 6.07) is 11.5. The number of carbonyl (C=O) groups excluding carboxylic acids is 1. The molecule has 9 nitrogen and oxygen atoms in total. The van der Waals surface area contributed by atoms with E-state index in [0.717, 1.165) is 6.07 Å². The number of sulfone groups is 1. The Kier molecular flexibility index (Phi) is 9.11. The molecule has 1 aliphatic heterocycles. The first kappa shape index (κ1) is 32.3. The number of amides is 1. The van der Waals surface area contributed by atoms with Crippen LogP contribution in [0, 0.1) is 5.92 Å². The summed E-state index contributed by atoms with van der Waals surface area (Å²) in [5.41, 5.74) is 5.38. The molecule has 0 radical (unpaired) electrons.